The van der Waals surface area contributed by atoms with Crippen LogP contribution in [0, 0.1) is 6.92 Å². The van der Waals surface area contributed by atoms with E-state index in [-0.39, 0.29) is 0 Å². The number of hydrogen-bond acceptors (Lipinski definition) is 4. The van der Waals surface area contributed by atoms with E-state index in [0.29, 0.717) is 0 Å². The third kappa shape index (κ3) is 2.08. The molecule has 0 saturated carbocycles. The average molecular weight is 222 g/mol. The number of nitrogens with one attached hydrogen (secondary N) is 1. The van der Waals surface area contributed by atoms with Gasteiger partial charge in [0, 0.05) is 24.7 Å². The maximum Gasteiger partial charge on any atom is 0.144 e. The van der Waals surface area contributed by atoms with Crippen molar-refractivity contribution in [1.82, 2.24) is 20.1 Å². The second-order valence-corrected chi connectivity index (χ2v) is 4.52. The summed E-state index contributed by atoms with van der Waals surface area (Å²) in [4.78, 5) is 5.79. The highest BCUT2D eigenvalue weighted by Crippen LogP contribution is 2.26. The Labute approximate surface area is 93.0 Å². The van der Waals surface area contributed by atoms with E-state index in [4.69, 9.17) is 0 Å². The van der Waals surface area contributed by atoms with Crippen molar-refractivity contribution < 1.29 is 0 Å². The van der Waals surface area contributed by atoms with Crippen LogP contribution in [0.1, 0.15) is 10.6 Å². The number of aryl methyl sites for hydroxylation is 2. The van der Waals surface area contributed by atoms with Gasteiger partial charge in [-0.1, -0.05) is 0 Å². The van der Waals surface area contributed by atoms with Crippen LogP contribution in [0.3, 0.4) is 0 Å². The molecule has 0 radical (unpaired) electrons. The quantitative estimate of drug-likeness (QED) is 0.857. The number of hydrogen-bond donors (Lipinski definition) is 1. The van der Waals surface area contributed by atoms with Gasteiger partial charge < -0.3 is 5.32 Å². The summed E-state index contributed by atoms with van der Waals surface area (Å²) in [7, 11) is 3.86. The van der Waals surface area contributed by atoms with Gasteiger partial charge in [-0.3, -0.25) is 4.68 Å². The largest absolute Gasteiger partial charge is 0.315 e. The van der Waals surface area contributed by atoms with E-state index >= 15 is 0 Å². The summed E-state index contributed by atoms with van der Waals surface area (Å²) >= 11 is 1.70. The van der Waals surface area contributed by atoms with Crippen LogP contribution in [-0.2, 0) is 13.6 Å². The average Bonchev–Trinajstić information content (AvgIpc) is 2.75. The molecule has 15 heavy (non-hydrogen) atoms. The van der Waals surface area contributed by atoms with E-state index in [1.54, 1.807) is 16.0 Å². The summed E-state index contributed by atoms with van der Waals surface area (Å²) in [5.41, 5.74) is 2.04. The third-order valence-electron chi connectivity index (χ3n) is 2.16. The van der Waals surface area contributed by atoms with E-state index < -0.39 is 0 Å². The Hall–Kier alpha value is -1.20. The fraction of sp³-hybridized carbons (Fsp3) is 0.400. The molecule has 2 aromatic rings. The van der Waals surface area contributed by atoms with Crippen LogP contribution < -0.4 is 5.32 Å². The smallest absolute Gasteiger partial charge is 0.144 e. The van der Waals surface area contributed by atoms with Crippen LogP contribution in [0.25, 0.3) is 10.7 Å². The van der Waals surface area contributed by atoms with E-state index in [1.807, 2.05) is 33.3 Å². The van der Waals surface area contributed by atoms with Crippen LogP contribution >= 0.6 is 11.3 Å². The molecule has 0 aromatic carbocycles. The molecule has 5 heteroatoms. The van der Waals surface area contributed by atoms with Crippen molar-refractivity contribution in [2.24, 2.45) is 7.05 Å². The van der Waals surface area contributed by atoms with Gasteiger partial charge in [-0.05, 0) is 20.0 Å². The zero-order valence-corrected chi connectivity index (χ0v) is 9.93. The molecule has 1 N–H and O–H groups in total. The highest BCUT2D eigenvalue weighted by atomic mass is 32.1. The van der Waals surface area contributed by atoms with Crippen LogP contribution in [-0.4, -0.2) is 21.8 Å². The molecule has 0 saturated heterocycles. The standard InChI is InChI=1S/C10H14N4S/c1-7-9(6-11-2)15-10(12-7)8-4-5-14(3)13-8/h4-5,11H,6H2,1-3H3. The van der Waals surface area contributed by atoms with Crippen LogP contribution in [0.5, 0.6) is 0 Å². The zero-order chi connectivity index (χ0) is 10.8. The fourth-order valence-corrected chi connectivity index (χ4v) is 2.43. The van der Waals surface area contributed by atoms with Crippen molar-refractivity contribution in [1.29, 1.82) is 0 Å². The predicted octanol–water partition coefficient (Wildman–Crippen LogP) is 1.57. The van der Waals surface area contributed by atoms with Gasteiger partial charge in [-0.2, -0.15) is 5.10 Å². The molecular weight excluding hydrogens is 208 g/mol. The van der Waals surface area contributed by atoms with Crippen LogP contribution in [0.2, 0.25) is 0 Å². The fourth-order valence-electron chi connectivity index (χ4n) is 1.39. The second kappa shape index (κ2) is 4.12. The summed E-state index contributed by atoms with van der Waals surface area (Å²) in [6, 6.07) is 1.99. The number of rotatable bonds is 3. The van der Waals surface area contributed by atoms with Crippen molar-refractivity contribution in [3.63, 3.8) is 0 Å². The minimum absolute atomic E-state index is 0.871. The van der Waals surface area contributed by atoms with Crippen molar-refractivity contribution in [2.75, 3.05) is 7.05 Å². The predicted molar refractivity (Wildman–Crippen MR) is 61.8 cm³/mol. The molecule has 0 atom stereocenters. The highest BCUT2D eigenvalue weighted by molar-refractivity contribution is 7.15. The van der Waals surface area contributed by atoms with Crippen LogP contribution in [0.4, 0.5) is 0 Å². The molecule has 0 unspecified atom stereocenters. The molecule has 80 valence electrons. The van der Waals surface area contributed by atoms with Gasteiger partial charge in [0.25, 0.3) is 0 Å². The maximum absolute atomic E-state index is 4.52. The lowest BCUT2D eigenvalue weighted by molar-refractivity contribution is 0.770. The summed E-state index contributed by atoms with van der Waals surface area (Å²) in [6.07, 6.45) is 1.93. The zero-order valence-electron chi connectivity index (χ0n) is 9.11. The Morgan fingerprint density at radius 3 is 2.93 bits per heavy atom. The van der Waals surface area contributed by atoms with Gasteiger partial charge >= 0.3 is 0 Å². The molecule has 0 aliphatic carbocycles. The number of aromatic nitrogens is 3. The third-order valence-corrected chi connectivity index (χ3v) is 3.34. The summed E-state index contributed by atoms with van der Waals surface area (Å²) in [5.74, 6) is 0. The van der Waals surface area contributed by atoms with Crippen molar-refractivity contribution in [2.45, 2.75) is 13.5 Å². The first-order valence-electron chi connectivity index (χ1n) is 4.81. The monoisotopic (exact) mass is 222 g/mol. The first-order chi connectivity index (χ1) is 7.20. The molecule has 4 nitrogen and oxygen atoms in total. The SMILES string of the molecule is CNCc1sc(-c2ccn(C)n2)nc1C. The molecule has 2 heterocycles. The van der Waals surface area contributed by atoms with Crippen molar-refractivity contribution in [3.05, 3.63) is 22.8 Å². The number of thiazole rings is 1. The van der Waals surface area contributed by atoms with E-state index in [1.165, 1.54) is 4.88 Å². The first-order valence-corrected chi connectivity index (χ1v) is 5.63. The Morgan fingerprint density at radius 2 is 2.33 bits per heavy atom. The van der Waals surface area contributed by atoms with Crippen molar-refractivity contribution in [3.8, 4) is 10.7 Å². The van der Waals surface area contributed by atoms with E-state index in [2.05, 4.69) is 15.4 Å². The molecular formula is C10H14N4S. The molecule has 0 aliphatic heterocycles. The van der Waals surface area contributed by atoms with Gasteiger partial charge in [0.05, 0.1) is 5.69 Å². The molecule has 0 fully saturated rings. The van der Waals surface area contributed by atoms with Crippen LogP contribution in [0.15, 0.2) is 12.3 Å². The molecule has 2 rings (SSSR count). The minimum atomic E-state index is 0.871. The lowest BCUT2D eigenvalue weighted by atomic mass is 10.4. The van der Waals surface area contributed by atoms with Gasteiger partial charge in [0.2, 0.25) is 0 Å². The highest BCUT2D eigenvalue weighted by Gasteiger charge is 2.10. The van der Waals surface area contributed by atoms with Gasteiger partial charge in [0.15, 0.2) is 0 Å². The summed E-state index contributed by atoms with van der Waals surface area (Å²) < 4.78 is 1.80. The lowest BCUT2D eigenvalue weighted by Crippen LogP contribution is -2.04. The normalized spacial score (nSPS) is 10.9. The molecule has 2 aromatic heterocycles. The summed E-state index contributed by atoms with van der Waals surface area (Å²) in [5, 5.41) is 8.48. The Balaban J connectivity index is 2.33. The second-order valence-electron chi connectivity index (χ2n) is 3.43. The van der Waals surface area contributed by atoms with Crippen molar-refractivity contribution >= 4 is 11.3 Å². The Morgan fingerprint density at radius 1 is 1.53 bits per heavy atom. The van der Waals surface area contributed by atoms with E-state index in [9.17, 15) is 0 Å². The number of nitrogens with zero attached hydrogens (tertiary/aromatic N) is 3. The topological polar surface area (TPSA) is 42.7 Å². The van der Waals surface area contributed by atoms with Gasteiger partial charge in [-0.25, -0.2) is 4.98 Å². The summed E-state index contributed by atoms with van der Waals surface area (Å²) in [6.45, 7) is 2.91. The Kier molecular flexibility index (Phi) is 2.83. The molecule has 0 bridgehead atoms. The maximum atomic E-state index is 4.52. The van der Waals surface area contributed by atoms with Gasteiger partial charge in [-0.15, -0.1) is 11.3 Å². The minimum Gasteiger partial charge on any atom is -0.315 e. The molecule has 0 aliphatic rings. The van der Waals surface area contributed by atoms with Gasteiger partial charge in [0.1, 0.15) is 10.7 Å². The molecule has 0 amide bonds. The van der Waals surface area contributed by atoms with E-state index in [0.717, 1.165) is 22.9 Å². The lowest BCUT2D eigenvalue weighted by Gasteiger charge is -1.93. The Bertz CT molecular complexity index is 458. The first kappa shape index (κ1) is 10.3. The molecule has 0 spiro atoms.